The molecule has 0 bridgehead atoms. The maximum absolute atomic E-state index is 13.1. The van der Waals surface area contributed by atoms with Gasteiger partial charge in [-0.1, -0.05) is 17.7 Å². The van der Waals surface area contributed by atoms with E-state index < -0.39 is 12.0 Å². The lowest BCUT2D eigenvalue weighted by Gasteiger charge is -2.38. The number of benzene rings is 2. The molecule has 2 aromatic carbocycles. The summed E-state index contributed by atoms with van der Waals surface area (Å²) < 4.78 is 4.97. The van der Waals surface area contributed by atoms with Crippen LogP contribution in [-0.4, -0.2) is 61.5 Å². The van der Waals surface area contributed by atoms with Gasteiger partial charge in [0.15, 0.2) is 0 Å². The van der Waals surface area contributed by atoms with Crippen LogP contribution < -0.4 is 9.80 Å². The molecule has 2 fully saturated rings. The zero-order chi connectivity index (χ0) is 22.0. The summed E-state index contributed by atoms with van der Waals surface area (Å²) >= 11 is 6.10. The molecule has 2 aliphatic rings. The van der Waals surface area contributed by atoms with Crippen LogP contribution in [0.15, 0.2) is 48.5 Å². The number of esters is 1. The number of amides is 2. The number of anilines is 2. The molecule has 0 radical (unpaired) electrons. The van der Waals surface area contributed by atoms with Crippen molar-refractivity contribution in [2.45, 2.75) is 19.4 Å². The van der Waals surface area contributed by atoms with Crippen LogP contribution >= 0.6 is 11.6 Å². The zero-order valence-electron chi connectivity index (χ0n) is 17.3. The number of halogens is 1. The van der Waals surface area contributed by atoms with Gasteiger partial charge in [-0.2, -0.15) is 0 Å². The summed E-state index contributed by atoms with van der Waals surface area (Å²) in [4.78, 5) is 43.1. The van der Waals surface area contributed by atoms with Crippen molar-refractivity contribution in [1.29, 1.82) is 0 Å². The molecule has 0 aliphatic carbocycles. The van der Waals surface area contributed by atoms with Crippen molar-refractivity contribution in [3.63, 3.8) is 0 Å². The van der Waals surface area contributed by atoms with Crippen LogP contribution in [0.1, 0.15) is 23.7 Å². The molecule has 31 heavy (non-hydrogen) atoms. The highest BCUT2D eigenvalue weighted by atomic mass is 35.5. The van der Waals surface area contributed by atoms with E-state index in [1.54, 1.807) is 31.2 Å². The van der Waals surface area contributed by atoms with Crippen molar-refractivity contribution in [2.75, 3.05) is 42.6 Å². The molecule has 0 spiro atoms. The Balaban J connectivity index is 1.41. The number of imide groups is 1. The van der Waals surface area contributed by atoms with E-state index in [0.717, 1.165) is 18.8 Å². The van der Waals surface area contributed by atoms with Gasteiger partial charge in [-0.05, 0) is 49.4 Å². The number of hydrogen-bond acceptors (Lipinski definition) is 6. The van der Waals surface area contributed by atoms with E-state index in [4.69, 9.17) is 16.3 Å². The average molecular weight is 442 g/mol. The first-order valence-corrected chi connectivity index (χ1v) is 10.7. The normalized spacial score (nSPS) is 19.7. The fraction of sp³-hybridized carbons (Fsp3) is 0.348. The molecule has 2 aliphatic heterocycles. The van der Waals surface area contributed by atoms with Gasteiger partial charge in [-0.25, -0.2) is 9.69 Å². The number of nitrogens with zero attached hydrogens (tertiary/aromatic N) is 3. The standard InChI is InChI=1S/C23H24ClN3O4/c1-2-31-23(30)16-6-8-18(9-7-16)27-21(28)15-20(22(27)29)26-12-10-25(11-13-26)19-5-3-4-17(24)14-19/h3-9,14,20H,2,10-13,15H2,1H3/t20-/m1/s1. The highest BCUT2D eigenvalue weighted by Crippen LogP contribution is 2.28. The minimum atomic E-state index is -0.459. The fourth-order valence-electron chi connectivity index (χ4n) is 4.10. The maximum Gasteiger partial charge on any atom is 0.338 e. The van der Waals surface area contributed by atoms with Crippen LogP contribution in [-0.2, 0) is 14.3 Å². The topological polar surface area (TPSA) is 70.2 Å². The second-order valence-corrected chi connectivity index (χ2v) is 7.99. The molecule has 2 heterocycles. The summed E-state index contributed by atoms with van der Waals surface area (Å²) in [7, 11) is 0. The number of carbonyl (C=O) groups is 3. The van der Waals surface area contributed by atoms with Crippen LogP contribution in [0.5, 0.6) is 0 Å². The first kappa shape index (κ1) is 21.3. The highest BCUT2D eigenvalue weighted by molar-refractivity contribution is 6.30. The monoisotopic (exact) mass is 441 g/mol. The third kappa shape index (κ3) is 4.43. The van der Waals surface area contributed by atoms with Crippen LogP contribution in [0.2, 0.25) is 5.02 Å². The van der Waals surface area contributed by atoms with Crippen LogP contribution in [0.4, 0.5) is 11.4 Å². The SMILES string of the molecule is CCOC(=O)c1ccc(N2C(=O)C[C@@H](N3CCN(c4cccc(Cl)c4)CC3)C2=O)cc1. The number of rotatable bonds is 5. The lowest BCUT2D eigenvalue weighted by molar-refractivity contribution is -0.123. The number of hydrogen-bond donors (Lipinski definition) is 0. The minimum absolute atomic E-state index is 0.162. The van der Waals surface area contributed by atoms with E-state index >= 15 is 0 Å². The molecule has 0 aromatic heterocycles. The predicted molar refractivity (Wildman–Crippen MR) is 119 cm³/mol. The highest BCUT2D eigenvalue weighted by Gasteiger charge is 2.43. The largest absolute Gasteiger partial charge is 0.462 e. The Bertz CT molecular complexity index is 987. The van der Waals surface area contributed by atoms with Gasteiger partial charge in [0.25, 0.3) is 5.91 Å². The van der Waals surface area contributed by atoms with E-state index in [9.17, 15) is 14.4 Å². The first-order chi connectivity index (χ1) is 15.0. The Labute approximate surface area is 186 Å². The molecule has 2 amide bonds. The molecule has 2 saturated heterocycles. The van der Waals surface area contributed by atoms with Crippen molar-refractivity contribution in [3.8, 4) is 0 Å². The van der Waals surface area contributed by atoms with Gasteiger partial charge in [-0.15, -0.1) is 0 Å². The molecule has 0 unspecified atom stereocenters. The van der Waals surface area contributed by atoms with Crippen molar-refractivity contribution in [2.24, 2.45) is 0 Å². The Morgan fingerprint density at radius 1 is 1.03 bits per heavy atom. The molecule has 7 nitrogen and oxygen atoms in total. The minimum Gasteiger partial charge on any atom is -0.462 e. The predicted octanol–water partition coefficient (Wildman–Crippen LogP) is 2.97. The van der Waals surface area contributed by atoms with Gasteiger partial charge in [0.2, 0.25) is 5.91 Å². The third-order valence-corrected chi connectivity index (χ3v) is 5.92. The second-order valence-electron chi connectivity index (χ2n) is 7.56. The molecule has 8 heteroatoms. The van der Waals surface area contributed by atoms with Gasteiger partial charge >= 0.3 is 5.97 Å². The Hall–Kier alpha value is -2.90. The van der Waals surface area contributed by atoms with Gasteiger partial charge in [0, 0.05) is 36.9 Å². The third-order valence-electron chi connectivity index (χ3n) is 5.69. The molecular formula is C23H24ClN3O4. The van der Waals surface area contributed by atoms with E-state index in [1.807, 2.05) is 24.3 Å². The fourth-order valence-corrected chi connectivity index (χ4v) is 4.28. The molecule has 0 saturated carbocycles. The lowest BCUT2D eigenvalue weighted by atomic mass is 10.1. The first-order valence-electron chi connectivity index (χ1n) is 10.4. The Morgan fingerprint density at radius 3 is 2.39 bits per heavy atom. The van der Waals surface area contributed by atoms with Crippen molar-refractivity contribution < 1.29 is 19.1 Å². The maximum atomic E-state index is 13.1. The summed E-state index contributed by atoms with van der Waals surface area (Å²) in [5.41, 5.74) is 1.92. The summed E-state index contributed by atoms with van der Waals surface area (Å²) in [6.07, 6.45) is 0.162. The zero-order valence-corrected chi connectivity index (χ0v) is 18.0. The molecule has 0 N–H and O–H groups in total. The molecule has 1 atom stereocenters. The Morgan fingerprint density at radius 2 is 1.74 bits per heavy atom. The lowest BCUT2D eigenvalue weighted by Crippen LogP contribution is -2.52. The van der Waals surface area contributed by atoms with Crippen molar-refractivity contribution in [3.05, 3.63) is 59.1 Å². The van der Waals surface area contributed by atoms with Gasteiger partial charge in [-0.3, -0.25) is 14.5 Å². The van der Waals surface area contributed by atoms with Crippen molar-refractivity contribution in [1.82, 2.24) is 4.90 Å². The summed E-state index contributed by atoms with van der Waals surface area (Å²) in [5.74, 6) is -0.871. The van der Waals surface area contributed by atoms with Crippen LogP contribution in [0.3, 0.4) is 0 Å². The quantitative estimate of drug-likeness (QED) is 0.525. The summed E-state index contributed by atoms with van der Waals surface area (Å²) in [6.45, 7) is 4.91. The molecular weight excluding hydrogens is 418 g/mol. The number of carbonyl (C=O) groups excluding carboxylic acids is 3. The Kier molecular flexibility index (Phi) is 6.25. The van der Waals surface area contributed by atoms with E-state index in [0.29, 0.717) is 29.4 Å². The molecule has 162 valence electrons. The second kappa shape index (κ2) is 9.08. The average Bonchev–Trinajstić information content (AvgIpc) is 3.08. The summed E-state index contributed by atoms with van der Waals surface area (Å²) in [5, 5.41) is 0.695. The van der Waals surface area contributed by atoms with E-state index in [1.165, 1.54) is 4.90 Å². The van der Waals surface area contributed by atoms with Gasteiger partial charge in [0.05, 0.1) is 30.3 Å². The number of ether oxygens (including phenoxy) is 1. The van der Waals surface area contributed by atoms with E-state index in [2.05, 4.69) is 9.80 Å². The van der Waals surface area contributed by atoms with Gasteiger partial charge in [0.1, 0.15) is 0 Å². The molecule has 2 aromatic rings. The van der Waals surface area contributed by atoms with Crippen LogP contribution in [0.25, 0.3) is 0 Å². The van der Waals surface area contributed by atoms with E-state index in [-0.39, 0.29) is 24.8 Å². The van der Waals surface area contributed by atoms with Gasteiger partial charge < -0.3 is 9.64 Å². The van der Waals surface area contributed by atoms with Crippen molar-refractivity contribution >= 4 is 40.8 Å². The van der Waals surface area contributed by atoms with Crippen LogP contribution in [0, 0.1) is 0 Å². The molecule has 4 rings (SSSR count). The summed E-state index contributed by atoms with van der Waals surface area (Å²) in [6, 6.07) is 13.6. The number of piperazine rings is 1. The smallest absolute Gasteiger partial charge is 0.338 e.